The molecule has 0 aliphatic heterocycles. The van der Waals surface area contributed by atoms with E-state index in [2.05, 4.69) is 4.98 Å². The van der Waals surface area contributed by atoms with E-state index in [0.717, 1.165) is 0 Å². The molecule has 0 radical (unpaired) electrons. The van der Waals surface area contributed by atoms with E-state index in [1.807, 2.05) is 0 Å². The first kappa shape index (κ1) is 9.58. The molecule has 0 saturated carbocycles. The van der Waals surface area contributed by atoms with E-state index in [1.54, 1.807) is 18.2 Å². The molecule has 1 aromatic heterocycles. The third-order valence-corrected chi connectivity index (χ3v) is 2.07. The molecule has 0 spiro atoms. The van der Waals surface area contributed by atoms with Crippen molar-refractivity contribution in [3.63, 3.8) is 0 Å². The Morgan fingerprint density at radius 3 is 3.00 bits per heavy atom. The van der Waals surface area contributed by atoms with Gasteiger partial charge in [-0.15, -0.1) is 0 Å². The molecule has 4 heteroatoms. The van der Waals surface area contributed by atoms with Crippen LogP contribution in [0, 0.1) is 5.82 Å². The Hall–Kier alpha value is -1.97. The number of rotatable bonds is 2. The lowest BCUT2D eigenvalue weighted by Crippen LogP contribution is -2.00. The number of carboxylic acids is 1. The number of aliphatic carboxylic acids is 1. The molecule has 0 amide bonds. The zero-order valence-corrected chi connectivity index (χ0v) is 7.77. The Morgan fingerprint density at radius 2 is 2.27 bits per heavy atom. The predicted molar refractivity (Wildman–Crippen MR) is 53.0 cm³/mol. The predicted octanol–water partition coefficient (Wildman–Crippen LogP) is 2.00. The topological polar surface area (TPSA) is 50.2 Å². The summed E-state index contributed by atoms with van der Waals surface area (Å²) in [6, 6.07) is 6.24. The zero-order chi connectivity index (χ0) is 10.8. The van der Waals surface area contributed by atoms with E-state index < -0.39 is 11.8 Å². The largest absolute Gasteiger partial charge is 0.481 e. The molecule has 2 aromatic rings. The first-order valence-electron chi connectivity index (χ1n) is 4.42. The van der Waals surface area contributed by atoms with Gasteiger partial charge in [0.1, 0.15) is 11.3 Å². The highest BCUT2D eigenvalue weighted by Crippen LogP contribution is 2.17. The number of hydrogen-bond donors (Lipinski definition) is 1. The molecule has 76 valence electrons. The highest BCUT2D eigenvalue weighted by molar-refractivity contribution is 5.81. The summed E-state index contributed by atoms with van der Waals surface area (Å²) in [6.07, 6.45) is 1.32. The van der Waals surface area contributed by atoms with Crippen LogP contribution < -0.4 is 0 Å². The Balaban J connectivity index is 2.57. The number of nitrogens with zero attached hydrogens (tertiary/aromatic N) is 1. The van der Waals surface area contributed by atoms with Crippen molar-refractivity contribution >= 4 is 16.9 Å². The molecule has 3 nitrogen and oxygen atoms in total. The van der Waals surface area contributed by atoms with Crippen LogP contribution in [0.4, 0.5) is 4.39 Å². The summed E-state index contributed by atoms with van der Waals surface area (Å²) >= 11 is 0. The number of fused-ring (bicyclic) bond motifs is 1. The smallest absolute Gasteiger partial charge is 0.307 e. The molecule has 2 rings (SSSR count). The van der Waals surface area contributed by atoms with Crippen LogP contribution in [0.15, 0.2) is 30.5 Å². The second-order valence-electron chi connectivity index (χ2n) is 3.22. The second kappa shape index (κ2) is 3.65. The summed E-state index contributed by atoms with van der Waals surface area (Å²) in [5.74, 6) is -1.46. The van der Waals surface area contributed by atoms with Gasteiger partial charge in [0.15, 0.2) is 0 Å². The van der Waals surface area contributed by atoms with Gasteiger partial charge in [-0.1, -0.05) is 6.07 Å². The van der Waals surface area contributed by atoms with Crippen LogP contribution >= 0.6 is 0 Å². The van der Waals surface area contributed by atoms with Gasteiger partial charge in [0, 0.05) is 11.6 Å². The fourth-order valence-electron chi connectivity index (χ4n) is 1.48. The van der Waals surface area contributed by atoms with Crippen LogP contribution in [0.3, 0.4) is 0 Å². The van der Waals surface area contributed by atoms with Crippen molar-refractivity contribution in [2.45, 2.75) is 6.42 Å². The maximum Gasteiger partial charge on any atom is 0.307 e. The van der Waals surface area contributed by atoms with Crippen molar-refractivity contribution in [2.24, 2.45) is 0 Å². The van der Waals surface area contributed by atoms with Crippen LogP contribution in [0.25, 0.3) is 10.9 Å². The number of benzene rings is 1. The van der Waals surface area contributed by atoms with Gasteiger partial charge >= 0.3 is 5.97 Å². The molecule has 15 heavy (non-hydrogen) atoms. The molecule has 1 heterocycles. The van der Waals surface area contributed by atoms with Gasteiger partial charge in [-0.3, -0.25) is 9.78 Å². The molecule has 0 bridgehead atoms. The molecule has 0 fully saturated rings. The fraction of sp³-hybridized carbons (Fsp3) is 0.0909. The minimum absolute atomic E-state index is 0.179. The zero-order valence-electron chi connectivity index (χ0n) is 7.77. The van der Waals surface area contributed by atoms with Gasteiger partial charge in [-0.05, 0) is 23.8 Å². The van der Waals surface area contributed by atoms with Crippen molar-refractivity contribution in [2.75, 3.05) is 0 Å². The summed E-state index contributed by atoms with van der Waals surface area (Å²) in [5, 5.41) is 9.21. The van der Waals surface area contributed by atoms with E-state index in [0.29, 0.717) is 10.9 Å². The molecule has 1 aromatic carbocycles. The Labute approximate surface area is 85.2 Å². The Morgan fingerprint density at radius 1 is 1.47 bits per heavy atom. The van der Waals surface area contributed by atoms with E-state index in [4.69, 9.17) is 5.11 Å². The Bertz CT molecular complexity index is 525. The van der Waals surface area contributed by atoms with Crippen molar-refractivity contribution in [3.05, 3.63) is 41.8 Å². The maximum absolute atomic E-state index is 13.4. The van der Waals surface area contributed by atoms with Crippen molar-refractivity contribution in [3.8, 4) is 0 Å². The highest BCUT2D eigenvalue weighted by atomic mass is 19.1. The minimum atomic E-state index is -0.974. The quantitative estimate of drug-likeness (QED) is 0.815. The van der Waals surface area contributed by atoms with E-state index in [1.165, 1.54) is 12.3 Å². The summed E-state index contributed by atoms with van der Waals surface area (Å²) < 4.78 is 13.4. The van der Waals surface area contributed by atoms with Crippen LogP contribution in [-0.2, 0) is 11.2 Å². The summed E-state index contributed by atoms with van der Waals surface area (Å²) in [6.45, 7) is 0. The number of hydrogen-bond acceptors (Lipinski definition) is 2. The van der Waals surface area contributed by atoms with Crippen molar-refractivity contribution < 1.29 is 14.3 Å². The average molecular weight is 205 g/mol. The Kier molecular flexibility index (Phi) is 2.33. The van der Waals surface area contributed by atoms with Crippen molar-refractivity contribution in [1.82, 2.24) is 4.98 Å². The normalized spacial score (nSPS) is 10.5. The summed E-state index contributed by atoms with van der Waals surface area (Å²) in [4.78, 5) is 14.4. The minimum Gasteiger partial charge on any atom is -0.481 e. The molecule has 0 aliphatic carbocycles. The van der Waals surface area contributed by atoms with Crippen LogP contribution in [-0.4, -0.2) is 16.1 Å². The number of carbonyl (C=O) groups is 1. The molecular weight excluding hydrogens is 197 g/mol. The molecule has 0 unspecified atom stereocenters. The van der Waals surface area contributed by atoms with Gasteiger partial charge in [0.25, 0.3) is 0 Å². The molecule has 0 saturated heterocycles. The fourth-order valence-corrected chi connectivity index (χ4v) is 1.48. The molecule has 0 aliphatic rings. The van der Waals surface area contributed by atoms with Crippen molar-refractivity contribution in [1.29, 1.82) is 0 Å². The van der Waals surface area contributed by atoms with Crippen LogP contribution in [0.5, 0.6) is 0 Å². The summed E-state index contributed by atoms with van der Waals surface area (Å²) in [5.41, 5.74) is 0.715. The van der Waals surface area contributed by atoms with Crippen LogP contribution in [0.2, 0.25) is 0 Å². The highest BCUT2D eigenvalue weighted by Gasteiger charge is 2.06. The SMILES string of the molecule is O=C(O)Cc1cc(F)c2ncccc2c1. The molecular formula is C11H8FNO2. The molecule has 1 N–H and O–H groups in total. The van der Waals surface area contributed by atoms with E-state index in [9.17, 15) is 9.18 Å². The maximum atomic E-state index is 13.4. The van der Waals surface area contributed by atoms with Gasteiger partial charge in [-0.2, -0.15) is 0 Å². The number of halogens is 1. The first-order valence-corrected chi connectivity index (χ1v) is 4.42. The van der Waals surface area contributed by atoms with E-state index >= 15 is 0 Å². The van der Waals surface area contributed by atoms with Gasteiger partial charge in [-0.25, -0.2) is 4.39 Å². The number of pyridine rings is 1. The van der Waals surface area contributed by atoms with E-state index in [-0.39, 0.29) is 11.9 Å². The molecule has 0 atom stereocenters. The van der Waals surface area contributed by atoms with Gasteiger partial charge < -0.3 is 5.11 Å². The first-order chi connectivity index (χ1) is 7.16. The third-order valence-electron chi connectivity index (χ3n) is 2.07. The van der Waals surface area contributed by atoms with Gasteiger partial charge in [0.05, 0.1) is 6.42 Å². The monoisotopic (exact) mass is 205 g/mol. The van der Waals surface area contributed by atoms with Gasteiger partial charge in [0.2, 0.25) is 0 Å². The second-order valence-corrected chi connectivity index (χ2v) is 3.22. The van der Waals surface area contributed by atoms with Crippen LogP contribution in [0.1, 0.15) is 5.56 Å². The lowest BCUT2D eigenvalue weighted by molar-refractivity contribution is -0.136. The average Bonchev–Trinajstić information content (AvgIpc) is 2.16. The lowest BCUT2D eigenvalue weighted by Gasteiger charge is -2.01. The summed E-state index contributed by atoms with van der Waals surface area (Å²) in [7, 11) is 0. The lowest BCUT2D eigenvalue weighted by atomic mass is 10.1. The number of aromatic nitrogens is 1. The number of carboxylic acid groups (broad SMARTS) is 1. The standard InChI is InChI=1S/C11H8FNO2/c12-9-5-7(6-10(14)15)4-8-2-1-3-13-11(8)9/h1-5H,6H2,(H,14,15). The third kappa shape index (κ3) is 1.93.